The lowest BCUT2D eigenvalue weighted by atomic mass is 10.0. The standard InChI is InChI=1S/C16H22N4/c1-10-7-8-13(11(2)9-10)14-15(17)20(18)16(19-14)12-5-3-4-6-12/h7-9,12H,3-6,17-18H2,1-2H3. The predicted molar refractivity (Wildman–Crippen MR) is 82.9 cm³/mol. The molecule has 1 aliphatic rings. The van der Waals surface area contributed by atoms with Gasteiger partial charge in [-0.2, -0.15) is 0 Å². The number of anilines is 1. The van der Waals surface area contributed by atoms with Crippen LogP contribution in [-0.4, -0.2) is 9.66 Å². The zero-order valence-electron chi connectivity index (χ0n) is 12.2. The van der Waals surface area contributed by atoms with Crippen LogP contribution in [0, 0.1) is 13.8 Å². The van der Waals surface area contributed by atoms with Gasteiger partial charge in [-0.25, -0.2) is 9.66 Å². The fourth-order valence-corrected chi connectivity index (χ4v) is 3.21. The van der Waals surface area contributed by atoms with Crippen LogP contribution in [0.4, 0.5) is 5.82 Å². The van der Waals surface area contributed by atoms with Gasteiger partial charge in [-0.3, -0.25) is 0 Å². The molecule has 2 aromatic rings. The Bertz CT molecular complexity index is 636. The monoisotopic (exact) mass is 270 g/mol. The highest BCUT2D eigenvalue weighted by Gasteiger charge is 2.25. The normalized spacial score (nSPS) is 15.9. The summed E-state index contributed by atoms with van der Waals surface area (Å²) in [6, 6.07) is 6.33. The minimum absolute atomic E-state index is 0.460. The summed E-state index contributed by atoms with van der Waals surface area (Å²) in [5.74, 6) is 8.10. The molecule has 0 unspecified atom stereocenters. The molecular formula is C16H22N4. The number of nitrogens with zero attached hydrogens (tertiary/aromatic N) is 2. The van der Waals surface area contributed by atoms with Crippen LogP contribution in [0.5, 0.6) is 0 Å². The number of benzene rings is 1. The van der Waals surface area contributed by atoms with Gasteiger partial charge in [0.25, 0.3) is 0 Å². The maximum atomic E-state index is 6.19. The summed E-state index contributed by atoms with van der Waals surface area (Å²) in [4.78, 5) is 4.77. The lowest BCUT2D eigenvalue weighted by Crippen LogP contribution is -2.17. The number of nitrogens with two attached hydrogens (primary N) is 2. The van der Waals surface area contributed by atoms with Crippen molar-refractivity contribution in [1.29, 1.82) is 0 Å². The molecule has 0 radical (unpaired) electrons. The van der Waals surface area contributed by atoms with Crippen molar-refractivity contribution in [3.63, 3.8) is 0 Å². The summed E-state index contributed by atoms with van der Waals surface area (Å²) >= 11 is 0. The van der Waals surface area contributed by atoms with Crippen LogP contribution in [0.3, 0.4) is 0 Å². The maximum absolute atomic E-state index is 6.19. The van der Waals surface area contributed by atoms with E-state index in [1.807, 2.05) is 0 Å². The first kappa shape index (κ1) is 13.0. The molecule has 1 aromatic heterocycles. The molecule has 1 fully saturated rings. The van der Waals surface area contributed by atoms with Gasteiger partial charge in [0.2, 0.25) is 0 Å². The first-order valence-corrected chi connectivity index (χ1v) is 7.28. The van der Waals surface area contributed by atoms with Crippen molar-refractivity contribution in [2.75, 3.05) is 11.6 Å². The average molecular weight is 270 g/mol. The van der Waals surface area contributed by atoms with Gasteiger partial charge in [-0.05, 0) is 32.3 Å². The molecule has 1 aromatic carbocycles. The lowest BCUT2D eigenvalue weighted by molar-refractivity contribution is 0.648. The summed E-state index contributed by atoms with van der Waals surface area (Å²) < 4.78 is 1.59. The minimum atomic E-state index is 0.460. The van der Waals surface area contributed by atoms with E-state index in [1.54, 1.807) is 4.68 Å². The molecule has 0 bridgehead atoms. The second kappa shape index (κ2) is 4.85. The molecular weight excluding hydrogens is 248 g/mol. The van der Waals surface area contributed by atoms with Crippen molar-refractivity contribution in [2.45, 2.75) is 45.4 Å². The minimum Gasteiger partial charge on any atom is -0.382 e. The van der Waals surface area contributed by atoms with Crippen LogP contribution in [-0.2, 0) is 0 Å². The summed E-state index contributed by atoms with van der Waals surface area (Å²) in [5.41, 5.74) is 10.5. The molecule has 0 saturated heterocycles. The predicted octanol–water partition coefficient (Wildman–Crippen LogP) is 3.12. The molecule has 4 nitrogen and oxygen atoms in total. The fraction of sp³-hybridized carbons (Fsp3) is 0.438. The lowest BCUT2D eigenvalue weighted by Gasteiger charge is -2.08. The first-order valence-electron chi connectivity index (χ1n) is 7.28. The zero-order valence-corrected chi connectivity index (χ0v) is 12.2. The Morgan fingerprint density at radius 2 is 1.90 bits per heavy atom. The van der Waals surface area contributed by atoms with Crippen molar-refractivity contribution in [3.05, 3.63) is 35.2 Å². The van der Waals surface area contributed by atoms with Gasteiger partial charge in [0, 0.05) is 11.5 Å². The molecule has 1 aliphatic carbocycles. The number of hydrogen-bond donors (Lipinski definition) is 2. The fourth-order valence-electron chi connectivity index (χ4n) is 3.21. The molecule has 106 valence electrons. The van der Waals surface area contributed by atoms with Crippen LogP contribution in [0.2, 0.25) is 0 Å². The summed E-state index contributed by atoms with van der Waals surface area (Å²) in [5, 5.41) is 0. The number of aryl methyl sites for hydroxylation is 2. The molecule has 4 N–H and O–H groups in total. The number of imidazole rings is 1. The van der Waals surface area contributed by atoms with Gasteiger partial charge in [-0.1, -0.05) is 36.6 Å². The Morgan fingerprint density at radius 3 is 2.55 bits per heavy atom. The Morgan fingerprint density at radius 1 is 1.20 bits per heavy atom. The van der Waals surface area contributed by atoms with Gasteiger partial charge < -0.3 is 11.6 Å². The van der Waals surface area contributed by atoms with E-state index in [4.69, 9.17) is 16.6 Å². The second-order valence-corrected chi connectivity index (χ2v) is 5.87. The summed E-state index contributed by atoms with van der Waals surface area (Å²) in [6.45, 7) is 4.18. The molecule has 0 amide bonds. The summed E-state index contributed by atoms with van der Waals surface area (Å²) in [6.07, 6.45) is 4.85. The van der Waals surface area contributed by atoms with Crippen LogP contribution < -0.4 is 11.6 Å². The van der Waals surface area contributed by atoms with E-state index in [-0.39, 0.29) is 0 Å². The van der Waals surface area contributed by atoms with Crippen LogP contribution in [0.15, 0.2) is 18.2 Å². The highest BCUT2D eigenvalue weighted by Crippen LogP contribution is 2.37. The largest absolute Gasteiger partial charge is 0.382 e. The molecule has 3 rings (SSSR count). The number of nitrogen functional groups attached to an aromatic ring is 2. The topological polar surface area (TPSA) is 69.9 Å². The first-order chi connectivity index (χ1) is 9.58. The highest BCUT2D eigenvalue weighted by molar-refractivity contribution is 5.74. The van der Waals surface area contributed by atoms with Gasteiger partial charge >= 0.3 is 0 Å². The number of hydrogen-bond acceptors (Lipinski definition) is 3. The van der Waals surface area contributed by atoms with E-state index in [0.717, 1.165) is 17.1 Å². The van der Waals surface area contributed by atoms with E-state index in [2.05, 4.69) is 32.0 Å². The second-order valence-electron chi connectivity index (χ2n) is 5.87. The van der Waals surface area contributed by atoms with Crippen LogP contribution >= 0.6 is 0 Å². The zero-order chi connectivity index (χ0) is 14.3. The van der Waals surface area contributed by atoms with Gasteiger partial charge in [-0.15, -0.1) is 0 Å². The van der Waals surface area contributed by atoms with Crippen molar-refractivity contribution in [3.8, 4) is 11.3 Å². The smallest absolute Gasteiger partial charge is 0.150 e. The van der Waals surface area contributed by atoms with E-state index in [0.29, 0.717) is 11.7 Å². The average Bonchev–Trinajstić information content (AvgIpc) is 3.01. The molecule has 0 aliphatic heterocycles. The van der Waals surface area contributed by atoms with Crippen LogP contribution in [0.25, 0.3) is 11.3 Å². The van der Waals surface area contributed by atoms with Crippen molar-refractivity contribution in [1.82, 2.24) is 9.66 Å². The third-order valence-corrected chi connectivity index (χ3v) is 4.33. The Kier molecular flexibility index (Phi) is 3.16. The Hall–Kier alpha value is -1.97. The van der Waals surface area contributed by atoms with E-state index >= 15 is 0 Å². The molecule has 0 spiro atoms. The van der Waals surface area contributed by atoms with Gasteiger partial charge in [0.1, 0.15) is 11.5 Å². The van der Waals surface area contributed by atoms with Gasteiger partial charge in [0.15, 0.2) is 5.82 Å². The van der Waals surface area contributed by atoms with Crippen LogP contribution in [0.1, 0.15) is 48.6 Å². The molecule has 0 atom stereocenters. The molecule has 1 saturated carbocycles. The summed E-state index contributed by atoms with van der Waals surface area (Å²) in [7, 11) is 0. The SMILES string of the molecule is Cc1ccc(-c2nc(C3CCCC3)n(N)c2N)c(C)c1. The van der Waals surface area contributed by atoms with E-state index in [9.17, 15) is 0 Å². The van der Waals surface area contributed by atoms with E-state index < -0.39 is 0 Å². The van der Waals surface area contributed by atoms with Crippen molar-refractivity contribution >= 4 is 5.82 Å². The highest BCUT2D eigenvalue weighted by atomic mass is 15.4. The number of aromatic nitrogens is 2. The third-order valence-electron chi connectivity index (χ3n) is 4.33. The maximum Gasteiger partial charge on any atom is 0.150 e. The third kappa shape index (κ3) is 2.05. The quantitative estimate of drug-likeness (QED) is 0.824. The van der Waals surface area contributed by atoms with Crippen molar-refractivity contribution in [2.24, 2.45) is 0 Å². The Labute approximate surface area is 119 Å². The molecule has 20 heavy (non-hydrogen) atoms. The van der Waals surface area contributed by atoms with Crippen molar-refractivity contribution < 1.29 is 0 Å². The van der Waals surface area contributed by atoms with Gasteiger partial charge in [0.05, 0.1) is 0 Å². The Balaban J connectivity index is 2.07. The number of rotatable bonds is 2. The van der Waals surface area contributed by atoms with E-state index in [1.165, 1.54) is 36.8 Å². The molecule has 4 heteroatoms. The molecule has 1 heterocycles.